The minimum absolute atomic E-state index is 0.119. The normalized spacial score (nSPS) is 17.8. The quantitative estimate of drug-likeness (QED) is 0.144. The van der Waals surface area contributed by atoms with Crippen LogP contribution >= 0.6 is 11.3 Å². The van der Waals surface area contributed by atoms with Crippen LogP contribution in [-0.2, 0) is 19.0 Å². The number of methoxy groups -OCH3 is 1. The van der Waals surface area contributed by atoms with E-state index in [1.807, 2.05) is 91.8 Å². The number of ether oxygens (including phenoxy) is 3. The van der Waals surface area contributed by atoms with Crippen molar-refractivity contribution in [3.8, 4) is 33.2 Å². The van der Waals surface area contributed by atoms with Crippen LogP contribution < -0.4 is 5.32 Å². The maximum Gasteiger partial charge on any atom is 0.420 e. The van der Waals surface area contributed by atoms with Crippen LogP contribution in [0.5, 0.6) is 0 Å². The van der Waals surface area contributed by atoms with Crippen LogP contribution in [0.3, 0.4) is 0 Å². The Morgan fingerprint density at radius 2 is 1.54 bits per heavy atom. The molecular formula is C43H53N7O8S. The van der Waals surface area contributed by atoms with E-state index in [0.717, 1.165) is 45.7 Å². The first kappa shape index (κ1) is 41.5. The number of hydrogen-bond acceptors (Lipinski definition) is 11. The number of benzene rings is 1. The molecule has 2 aliphatic heterocycles. The zero-order valence-corrected chi connectivity index (χ0v) is 35.9. The Kier molecular flexibility index (Phi) is 11.4. The van der Waals surface area contributed by atoms with Gasteiger partial charge in [-0.25, -0.2) is 28.9 Å². The van der Waals surface area contributed by atoms with E-state index in [1.165, 1.54) is 23.0 Å². The summed E-state index contributed by atoms with van der Waals surface area (Å²) in [5.41, 5.74) is 2.50. The number of thiophene rings is 1. The number of aromatic amines is 1. The Morgan fingerprint density at radius 1 is 0.898 bits per heavy atom. The fourth-order valence-electron chi connectivity index (χ4n) is 7.54. The van der Waals surface area contributed by atoms with Crippen LogP contribution in [0.4, 0.5) is 14.4 Å². The lowest BCUT2D eigenvalue weighted by Gasteiger charge is -2.30. The van der Waals surface area contributed by atoms with Gasteiger partial charge in [-0.2, -0.15) is 0 Å². The maximum absolute atomic E-state index is 13.6. The molecule has 3 atom stereocenters. The molecule has 2 saturated heterocycles. The molecule has 5 aromatic rings. The summed E-state index contributed by atoms with van der Waals surface area (Å²) in [6, 6.07) is 10.5. The number of amides is 3. The summed E-state index contributed by atoms with van der Waals surface area (Å²) < 4.78 is 24.9. The molecule has 6 heterocycles. The van der Waals surface area contributed by atoms with Gasteiger partial charge in [0.05, 0.1) is 46.4 Å². The Bertz CT molecular complexity index is 2310. The molecule has 3 amide bonds. The average molecular weight is 828 g/mol. The number of aromatic nitrogens is 4. The first-order chi connectivity index (χ1) is 27.9. The van der Waals surface area contributed by atoms with Crippen LogP contribution in [0.2, 0.25) is 0 Å². The average Bonchev–Trinajstić information content (AvgIpc) is 4.01. The van der Waals surface area contributed by atoms with Gasteiger partial charge >= 0.3 is 18.3 Å². The number of rotatable bonds is 8. The van der Waals surface area contributed by atoms with Gasteiger partial charge in [-0.15, -0.1) is 11.3 Å². The molecule has 0 radical (unpaired) electrons. The second-order valence-electron chi connectivity index (χ2n) is 17.4. The van der Waals surface area contributed by atoms with Crippen LogP contribution in [0, 0.1) is 5.92 Å². The molecule has 2 N–H and O–H groups in total. The van der Waals surface area contributed by atoms with Crippen molar-refractivity contribution >= 4 is 45.8 Å². The van der Waals surface area contributed by atoms with Crippen LogP contribution in [-0.4, -0.2) is 90.9 Å². The van der Waals surface area contributed by atoms with Crippen LogP contribution in [0.15, 0.2) is 53.2 Å². The van der Waals surface area contributed by atoms with E-state index >= 15 is 0 Å². The molecule has 0 bridgehead atoms. The molecule has 15 nitrogen and oxygen atoms in total. The smallest absolute Gasteiger partial charge is 0.420 e. The number of carbonyl (C=O) groups excluding carboxylic acids is 4. The summed E-state index contributed by atoms with van der Waals surface area (Å²) in [7, 11) is 1.28. The monoisotopic (exact) mass is 827 g/mol. The number of likely N-dealkylation sites (tertiary alicyclic amines) is 2. The molecule has 16 heteroatoms. The third kappa shape index (κ3) is 9.02. The predicted molar refractivity (Wildman–Crippen MR) is 223 cm³/mol. The van der Waals surface area contributed by atoms with Crippen molar-refractivity contribution in [1.29, 1.82) is 0 Å². The minimum Gasteiger partial charge on any atom is -0.455 e. The summed E-state index contributed by atoms with van der Waals surface area (Å²) in [4.78, 5) is 69.6. The summed E-state index contributed by atoms with van der Waals surface area (Å²) in [5, 5.41) is 2.69. The fraction of sp³-hybridized carbons (Fsp3) is 0.488. The maximum atomic E-state index is 13.6. The second kappa shape index (κ2) is 16.2. The fourth-order valence-corrected chi connectivity index (χ4v) is 8.52. The number of carbonyl (C=O) groups is 4. The molecule has 0 aliphatic carbocycles. The van der Waals surface area contributed by atoms with Gasteiger partial charge in [0.25, 0.3) is 0 Å². The minimum atomic E-state index is -0.735. The third-order valence-electron chi connectivity index (χ3n) is 10.3. The highest BCUT2D eigenvalue weighted by Gasteiger charge is 2.39. The Labute approximate surface area is 347 Å². The van der Waals surface area contributed by atoms with Crippen LogP contribution in [0.25, 0.3) is 43.4 Å². The van der Waals surface area contributed by atoms with Gasteiger partial charge in [0, 0.05) is 37.0 Å². The molecule has 0 saturated carbocycles. The van der Waals surface area contributed by atoms with Gasteiger partial charge in [-0.1, -0.05) is 38.1 Å². The van der Waals surface area contributed by atoms with E-state index in [2.05, 4.69) is 15.3 Å². The predicted octanol–water partition coefficient (Wildman–Crippen LogP) is 9.31. The van der Waals surface area contributed by atoms with E-state index in [-0.39, 0.29) is 17.9 Å². The van der Waals surface area contributed by atoms with Crippen molar-refractivity contribution in [1.82, 2.24) is 34.6 Å². The number of nitrogens with one attached hydrogen (secondary N) is 2. The molecule has 2 aliphatic rings. The molecule has 314 valence electrons. The molecule has 4 aromatic heterocycles. The van der Waals surface area contributed by atoms with Gasteiger partial charge in [0.2, 0.25) is 5.91 Å². The summed E-state index contributed by atoms with van der Waals surface area (Å²) in [5.74, 6) is 1.55. The molecule has 7 rings (SSSR count). The molecule has 2 fully saturated rings. The number of hydrogen-bond donors (Lipinski definition) is 2. The van der Waals surface area contributed by atoms with Crippen molar-refractivity contribution in [3.05, 3.63) is 60.4 Å². The standard InChI is InChI=1S/C43H53N7O8S/c1-24(2)35(47-39(52)55-9)38(51)48-18-10-12-29(48)36-44-22-27(45-36)25-14-16-26(17-15-25)31-20-34-32(56-31)21-33(59-34)28-23-50(41(54)58-43(6,7)8)37(46-28)30-13-11-19-49(30)40(53)57-42(3,4)5/h14-17,20-24,29-30,35H,10-13,18-19H2,1-9H3,(H,44,45)(H,47,52)/t29-,30-,35-/m0/s1. The second-order valence-corrected chi connectivity index (χ2v) is 18.5. The molecule has 0 spiro atoms. The number of H-pyrrole nitrogens is 1. The van der Waals surface area contributed by atoms with Crippen molar-refractivity contribution in [2.45, 2.75) is 110 Å². The van der Waals surface area contributed by atoms with E-state index in [9.17, 15) is 19.2 Å². The van der Waals surface area contributed by atoms with Crippen molar-refractivity contribution in [2.24, 2.45) is 5.92 Å². The lowest BCUT2D eigenvalue weighted by molar-refractivity contribution is -0.135. The summed E-state index contributed by atoms with van der Waals surface area (Å²) in [6.45, 7) is 15.8. The van der Waals surface area contributed by atoms with Gasteiger partial charge in [-0.05, 0) is 78.7 Å². The first-order valence-electron chi connectivity index (χ1n) is 20.1. The van der Waals surface area contributed by atoms with Gasteiger partial charge in [-0.3, -0.25) is 9.69 Å². The molecule has 1 aromatic carbocycles. The highest BCUT2D eigenvalue weighted by molar-refractivity contribution is 7.22. The van der Waals surface area contributed by atoms with Gasteiger partial charge in [0.1, 0.15) is 40.2 Å². The van der Waals surface area contributed by atoms with Crippen molar-refractivity contribution in [2.75, 3.05) is 20.2 Å². The Balaban J connectivity index is 1.09. The van der Waals surface area contributed by atoms with Gasteiger partial charge in [0.15, 0.2) is 0 Å². The number of fused-ring (bicyclic) bond motifs is 1. The zero-order valence-electron chi connectivity index (χ0n) is 35.1. The Hall–Kier alpha value is -5.64. The van der Waals surface area contributed by atoms with E-state index in [4.69, 9.17) is 23.6 Å². The number of alkyl carbamates (subject to hydrolysis) is 1. The first-order valence-corrected chi connectivity index (χ1v) is 20.9. The molecule has 59 heavy (non-hydrogen) atoms. The SMILES string of the molecule is COC(=O)N[C@H](C(=O)N1CCC[C@H]1c1ncc(-c2ccc(-c3cc4sc(-c5cn(C(=O)OC(C)(C)C)c([C@@H]6CCCN6C(=O)OC(C)(C)C)n5)cc4o3)cc2)[nH]1)C(C)C. The zero-order chi connectivity index (χ0) is 42.4. The van der Waals surface area contributed by atoms with E-state index < -0.39 is 41.6 Å². The number of nitrogens with zero attached hydrogens (tertiary/aromatic N) is 5. The number of imidazole rings is 2. The largest absolute Gasteiger partial charge is 0.455 e. The highest BCUT2D eigenvalue weighted by Crippen LogP contribution is 2.41. The molecule has 0 unspecified atom stereocenters. The summed E-state index contributed by atoms with van der Waals surface area (Å²) in [6.07, 6.45) is 4.77. The summed E-state index contributed by atoms with van der Waals surface area (Å²) >= 11 is 1.50. The topological polar surface area (TPSA) is 174 Å². The lowest BCUT2D eigenvalue weighted by atomic mass is 10.0. The third-order valence-corrected chi connectivity index (χ3v) is 11.4. The lowest BCUT2D eigenvalue weighted by Crippen LogP contribution is -2.51. The highest BCUT2D eigenvalue weighted by atomic mass is 32.1. The van der Waals surface area contributed by atoms with Crippen molar-refractivity contribution < 1.29 is 37.8 Å². The van der Waals surface area contributed by atoms with Gasteiger partial charge < -0.3 is 33.8 Å². The Morgan fingerprint density at radius 3 is 2.19 bits per heavy atom. The number of furan rings is 1. The van der Waals surface area contributed by atoms with E-state index in [0.29, 0.717) is 48.2 Å². The van der Waals surface area contributed by atoms with Crippen LogP contribution in [0.1, 0.15) is 105 Å². The van der Waals surface area contributed by atoms with Crippen molar-refractivity contribution in [3.63, 3.8) is 0 Å². The molecular weight excluding hydrogens is 775 g/mol. The van der Waals surface area contributed by atoms with E-state index in [1.54, 1.807) is 22.2 Å².